The van der Waals surface area contributed by atoms with Crippen LogP contribution < -0.4 is 5.32 Å². The summed E-state index contributed by atoms with van der Waals surface area (Å²) < 4.78 is 32.6. The Bertz CT molecular complexity index is 774. The van der Waals surface area contributed by atoms with Crippen molar-refractivity contribution >= 4 is 16.0 Å². The standard InChI is InChI=1S/C21H34N4O3S/c1-17-14-25(15-18(2)28-17)29(26,27)12-10-23-21(22-3)24-11-9-20(16-24)13-19-7-5-4-6-8-19/h4-8,17-18,20H,9-16H2,1-3H3,(H,22,23). The molecule has 2 aliphatic rings. The Kier molecular flexibility index (Phi) is 7.54. The maximum absolute atomic E-state index is 12.7. The Labute approximate surface area is 175 Å². The van der Waals surface area contributed by atoms with Crippen LogP contribution in [-0.2, 0) is 21.2 Å². The largest absolute Gasteiger partial charge is 0.373 e. The van der Waals surface area contributed by atoms with E-state index in [0.717, 1.165) is 31.9 Å². The number of rotatable bonds is 6. The molecule has 1 N–H and O–H groups in total. The Hall–Kier alpha value is -1.64. The summed E-state index contributed by atoms with van der Waals surface area (Å²) in [5.41, 5.74) is 1.36. The van der Waals surface area contributed by atoms with Crippen LogP contribution in [0.1, 0.15) is 25.8 Å². The number of benzene rings is 1. The Balaban J connectivity index is 1.47. The van der Waals surface area contributed by atoms with E-state index in [1.54, 1.807) is 11.4 Å². The van der Waals surface area contributed by atoms with Crippen LogP contribution in [0.3, 0.4) is 0 Å². The average molecular weight is 423 g/mol. The Morgan fingerprint density at radius 1 is 1.17 bits per heavy atom. The average Bonchev–Trinajstić information content (AvgIpc) is 3.13. The molecule has 162 valence electrons. The van der Waals surface area contributed by atoms with Crippen molar-refractivity contribution in [3.8, 4) is 0 Å². The molecule has 29 heavy (non-hydrogen) atoms. The molecule has 7 nitrogen and oxygen atoms in total. The molecule has 3 rings (SSSR count). The number of ether oxygens (including phenoxy) is 1. The lowest BCUT2D eigenvalue weighted by Gasteiger charge is -2.34. The van der Waals surface area contributed by atoms with Crippen molar-refractivity contribution in [2.75, 3.05) is 45.5 Å². The number of likely N-dealkylation sites (tertiary alicyclic amines) is 1. The summed E-state index contributed by atoms with van der Waals surface area (Å²) in [6.07, 6.45) is 2.05. The van der Waals surface area contributed by atoms with E-state index in [0.29, 0.717) is 25.6 Å². The number of hydrogen-bond acceptors (Lipinski definition) is 4. The second-order valence-electron chi connectivity index (χ2n) is 8.15. The van der Waals surface area contributed by atoms with Gasteiger partial charge in [-0.2, -0.15) is 4.31 Å². The quantitative estimate of drug-likeness (QED) is 0.556. The SMILES string of the molecule is CN=C(NCCS(=O)(=O)N1CC(C)OC(C)C1)N1CCC(Cc2ccccc2)C1. The van der Waals surface area contributed by atoms with E-state index in [-0.39, 0.29) is 18.0 Å². The number of nitrogens with one attached hydrogen (secondary N) is 1. The molecule has 0 saturated carbocycles. The first-order valence-corrected chi connectivity index (χ1v) is 12.1. The van der Waals surface area contributed by atoms with Gasteiger partial charge in [0.05, 0.1) is 18.0 Å². The highest BCUT2D eigenvalue weighted by Crippen LogP contribution is 2.21. The molecule has 1 aromatic carbocycles. The summed E-state index contributed by atoms with van der Waals surface area (Å²) in [6.45, 7) is 6.93. The third-order valence-electron chi connectivity index (χ3n) is 5.59. The van der Waals surface area contributed by atoms with E-state index in [4.69, 9.17) is 4.74 Å². The molecule has 3 unspecified atom stereocenters. The second-order valence-corrected chi connectivity index (χ2v) is 10.2. The summed E-state index contributed by atoms with van der Waals surface area (Å²) in [5, 5.41) is 3.25. The minimum absolute atomic E-state index is 0.0622. The van der Waals surface area contributed by atoms with Crippen molar-refractivity contribution in [2.45, 2.75) is 38.9 Å². The molecular weight excluding hydrogens is 388 g/mol. The monoisotopic (exact) mass is 422 g/mol. The van der Waals surface area contributed by atoms with E-state index >= 15 is 0 Å². The van der Waals surface area contributed by atoms with Crippen molar-refractivity contribution in [3.05, 3.63) is 35.9 Å². The summed E-state index contributed by atoms with van der Waals surface area (Å²) in [4.78, 5) is 6.61. The molecule has 0 aromatic heterocycles. The van der Waals surface area contributed by atoms with Crippen molar-refractivity contribution in [1.82, 2.24) is 14.5 Å². The van der Waals surface area contributed by atoms with E-state index in [2.05, 4.69) is 39.5 Å². The number of nitrogens with zero attached hydrogens (tertiary/aromatic N) is 3. The van der Waals surface area contributed by atoms with Crippen LogP contribution in [0.2, 0.25) is 0 Å². The van der Waals surface area contributed by atoms with Crippen molar-refractivity contribution in [2.24, 2.45) is 10.9 Å². The summed E-state index contributed by atoms with van der Waals surface area (Å²) in [7, 11) is -1.55. The number of aliphatic imine (C=N–C) groups is 1. The van der Waals surface area contributed by atoms with E-state index < -0.39 is 10.0 Å². The highest BCUT2D eigenvalue weighted by atomic mass is 32.2. The van der Waals surface area contributed by atoms with Gasteiger partial charge in [0.1, 0.15) is 0 Å². The molecule has 2 saturated heterocycles. The number of guanidine groups is 1. The van der Waals surface area contributed by atoms with Crippen LogP contribution in [0.15, 0.2) is 35.3 Å². The maximum atomic E-state index is 12.7. The number of sulfonamides is 1. The summed E-state index contributed by atoms with van der Waals surface area (Å²) in [5.74, 6) is 1.45. The maximum Gasteiger partial charge on any atom is 0.216 e. The zero-order valence-electron chi connectivity index (χ0n) is 17.8. The van der Waals surface area contributed by atoms with Crippen LogP contribution in [0, 0.1) is 5.92 Å². The Morgan fingerprint density at radius 3 is 2.52 bits per heavy atom. The van der Waals surface area contributed by atoms with Gasteiger partial charge in [-0.3, -0.25) is 4.99 Å². The molecule has 0 radical (unpaired) electrons. The number of morpholine rings is 1. The van der Waals surface area contributed by atoms with Crippen LogP contribution in [0.5, 0.6) is 0 Å². The summed E-state index contributed by atoms with van der Waals surface area (Å²) >= 11 is 0. The fourth-order valence-corrected chi connectivity index (χ4v) is 5.74. The van der Waals surface area contributed by atoms with Gasteiger partial charge in [-0.15, -0.1) is 0 Å². The zero-order valence-corrected chi connectivity index (χ0v) is 18.6. The van der Waals surface area contributed by atoms with E-state index in [9.17, 15) is 8.42 Å². The lowest BCUT2D eigenvalue weighted by molar-refractivity contribution is -0.0440. The normalized spacial score (nSPS) is 26.7. The fraction of sp³-hybridized carbons (Fsp3) is 0.667. The predicted octanol–water partition coefficient (Wildman–Crippen LogP) is 1.57. The third kappa shape index (κ3) is 6.17. The highest BCUT2D eigenvalue weighted by Gasteiger charge is 2.31. The molecule has 8 heteroatoms. The molecule has 3 atom stereocenters. The third-order valence-corrected chi connectivity index (χ3v) is 7.39. The molecule has 0 spiro atoms. The zero-order chi connectivity index (χ0) is 20.9. The first kappa shape index (κ1) is 22.1. The van der Waals surface area contributed by atoms with E-state index in [1.807, 2.05) is 19.9 Å². The molecular formula is C21H34N4O3S. The van der Waals surface area contributed by atoms with Crippen molar-refractivity contribution < 1.29 is 13.2 Å². The number of hydrogen-bond donors (Lipinski definition) is 1. The molecule has 0 bridgehead atoms. The first-order chi connectivity index (χ1) is 13.9. The molecule has 2 aliphatic heterocycles. The van der Waals surface area contributed by atoms with Crippen molar-refractivity contribution in [3.63, 3.8) is 0 Å². The van der Waals surface area contributed by atoms with Crippen LogP contribution in [-0.4, -0.2) is 81.3 Å². The van der Waals surface area contributed by atoms with Gasteiger partial charge >= 0.3 is 0 Å². The van der Waals surface area contributed by atoms with Gasteiger partial charge in [-0.05, 0) is 38.2 Å². The van der Waals surface area contributed by atoms with Gasteiger partial charge in [-0.25, -0.2) is 8.42 Å². The molecule has 0 aliphatic carbocycles. The van der Waals surface area contributed by atoms with Gasteiger partial charge in [0, 0.05) is 39.8 Å². The van der Waals surface area contributed by atoms with Crippen molar-refractivity contribution in [1.29, 1.82) is 0 Å². The Morgan fingerprint density at radius 2 is 1.86 bits per heavy atom. The highest BCUT2D eigenvalue weighted by molar-refractivity contribution is 7.89. The fourth-order valence-electron chi connectivity index (χ4n) is 4.25. The minimum atomic E-state index is -3.31. The lowest BCUT2D eigenvalue weighted by Crippen LogP contribution is -2.50. The predicted molar refractivity (Wildman–Crippen MR) is 117 cm³/mol. The van der Waals surface area contributed by atoms with E-state index in [1.165, 1.54) is 5.56 Å². The van der Waals surface area contributed by atoms with Gasteiger partial charge < -0.3 is 15.0 Å². The van der Waals surface area contributed by atoms with Gasteiger partial charge in [0.15, 0.2) is 5.96 Å². The first-order valence-electron chi connectivity index (χ1n) is 10.5. The molecule has 1 aromatic rings. The molecule has 0 amide bonds. The minimum Gasteiger partial charge on any atom is -0.373 e. The molecule has 2 heterocycles. The second kappa shape index (κ2) is 9.91. The van der Waals surface area contributed by atoms with Gasteiger partial charge in [-0.1, -0.05) is 30.3 Å². The lowest BCUT2D eigenvalue weighted by atomic mass is 9.99. The molecule has 2 fully saturated rings. The summed E-state index contributed by atoms with van der Waals surface area (Å²) in [6, 6.07) is 10.6. The van der Waals surface area contributed by atoms with Gasteiger partial charge in [0.25, 0.3) is 0 Å². The van der Waals surface area contributed by atoms with Crippen LogP contribution in [0.25, 0.3) is 0 Å². The van der Waals surface area contributed by atoms with Crippen LogP contribution in [0.4, 0.5) is 0 Å². The smallest absolute Gasteiger partial charge is 0.216 e. The van der Waals surface area contributed by atoms with Crippen LogP contribution >= 0.6 is 0 Å². The van der Waals surface area contributed by atoms with Gasteiger partial charge in [0.2, 0.25) is 10.0 Å². The topological polar surface area (TPSA) is 74.2 Å².